The molecule has 0 bridgehead atoms. The lowest BCUT2D eigenvalue weighted by Gasteiger charge is -2.23. The molecule has 6 heteroatoms. The third kappa shape index (κ3) is 1.92. The molecular weight excluding hydrogens is 269 g/mol. The van der Waals surface area contributed by atoms with Crippen LogP contribution in [-0.4, -0.2) is 24.3 Å². The van der Waals surface area contributed by atoms with Crippen LogP contribution in [0.3, 0.4) is 0 Å². The molecule has 5 N–H and O–H groups in total. The smallest absolute Gasteiger partial charge is 0.169 e. The summed E-state index contributed by atoms with van der Waals surface area (Å²) < 4.78 is 14.3. The first kappa shape index (κ1) is 12.8. The van der Waals surface area contributed by atoms with Gasteiger partial charge in [0.2, 0.25) is 0 Å². The van der Waals surface area contributed by atoms with Crippen LogP contribution in [-0.2, 0) is 0 Å². The molecular formula is C13H17ClFN3O. The maximum absolute atomic E-state index is 14.3. The fraction of sp³-hybridized carbons (Fsp3) is 0.538. The predicted molar refractivity (Wildman–Crippen MR) is 74.7 cm³/mol. The first-order chi connectivity index (χ1) is 8.99. The Bertz CT molecular complexity index is 525. The number of benzene rings is 1. The molecule has 1 aromatic rings. The summed E-state index contributed by atoms with van der Waals surface area (Å²) in [6, 6.07) is 1.49. The SMILES string of the molecule is Nc1cc(N)c(N2CC3CCC(O)C3C2)c(F)c1Cl. The molecule has 19 heavy (non-hydrogen) atoms. The van der Waals surface area contributed by atoms with E-state index in [9.17, 15) is 9.50 Å². The van der Waals surface area contributed by atoms with Gasteiger partial charge in [0, 0.05) is 19.0 Å². The van der Waals surface area contributed by atoms with Crippen molar-refractivity contribution >= 4 is 28.7 Å². The van der Waals surface area contributed by atoms with Crippen LogP contribution in [0.15, 0.2) is 6.07 Å². The van der Waals surface area contributed by atoms with Gasteiger partial charge < -0.3 is 21.5 Å². The quantitative estimate of drug-likeness (QED) is 0.689. The molecule has 1 heterocycles. The Kier molecular flexibility index (Phi) is 2.98. The van der Waals surface area contributed by atoms with Crippen molar-refractivity contribution in [3.63, 3.8) is 0 Å². The zero-order chi connectivity index (χ0) is 13.7. The minimum atomic E-state index is -0.561. The maximum Gasteiger partial charge on any atom is 0.169 e. The second-order valence-corrected chi connectivity index (χ2v) is 5.88. The van der Waals surface area contributed by atoms with Gasteiger partial charge in [-0.05, 0) is 24.8 Å². The van der Waals surface area contributed by atoms with Crippen molar-refractivity contribution in [1.29, 1.82) is 0 Å². The van der Waals surface area contributed by atoms with Crippen LogP contribution in [0.25, 0.3) is 0 Å². The minimum absolute atomic E-state index is 0.0817. The number of nitrogens with two attached hydrogens (primary N) is 2. The molecule has 3 rings (SSSR count). The van der Waals surface area contributed by atoms with Crippen LogP contribution in [0.4, 0.5) is 21.5 Å². The molecule has 3 atom stereocenters. The highest BCUT2D eigenvalue weighted by Gasteiger charge is 2.43. The zero-order valence-corrected chi connectivity index (χ0v) is 11.2. The molecule has 1 saturated carbocycles. The number of aliphatic hydroxyl groups excluding tert-OH is 1. The largest absolute Gasteiger partial charge is 0.397 e. The van der Waals surface area contributed by atoms with Crippen molar-refractivity contribution in [1.82, 2.24) is 0 Å². The lowest BCUT2D eigenvalue weighted by molar-refractivity contribution is 0.133. The van der Waals surface area contributed by atoms with Gasteiger partial charge in [0.05, 0.1) is 23.2 Å². The first-order valence-corrected chi connectivity index (χ1v) is 6.82. The molecule has 4 nitrogen and oxygen atoms in total. The highest BCUT2D eigenvalue weighted by atomic mass is 35.5. The number of halogens is 2. The first-order valence-electron chi connectivity index (χ1n) is 6.45. The molecule has 3 unspecified atom stereocenters. The van der Waals surface area contributed by atoms with Gasteiger partial charge in [-0.15, -0.1) is 0 Å². The van der Waals surface area contributed by atoms with Crippen molar-refractivity contribution in [3.05, 3.63) is 16.9 Å². The average Bonchev–Trinajstić information content (AvgIpc) is 2.90. The van der Waals surface area contributed by atoms with Crippen molar-refractivity contribution < 1.29 is 9.50 Å². The molecule has 104 valence electrons. The molecule has 0 spiro atoms. The third-order valence-corrected chi connectivity index (χ3v) is 4.76. The summed E-state index contributed by atoms with van der Waals surface area (Å²) in [7, 11) is 0. The second kappa shape index (κ2) is 4.42. The van der Waals surface area contributed by atoms with Gasteiger partial charge in [-0.1, -0.05) is 11.6 Å². The van der Waals surface area contributed by atoms with Crippen LogP contribution in [0.5, 0.6) is 0 Å². The van der Waals surface area contributed by atoms with E-state index in [1.807, 2.05) is 4.90 Å². The van der Waals surface area contributed by atoms with Crippen molar-refractivity contribution in [2.24, 2.45) is 11.8 Å². The van der Waals surface area contributed by atoms with Gasteiger partial charge in [0.1, 0.15) is 5.02 Å². The van der Waals surface area contributed by atoms with Crippen LogP contribution in [0.1, 0.15) is 12.8 Å². The summed E-state index contributed by atoms with van der Waals surface area (Å²) in [6.45, 7) is 1.33. The van der Waals surface area contributed by atoms with Crippen molar-refractivity contribution in [2.45, 2.75) is 18.9 Å². The Morgan fingerprint density at radius 2 is 2.00 bits per heavy atom. The summed E-state index contributed by atoms with van der Waals surface area (Å²) in [5, 5.41) is 9.82. The van der Waals surface area contributed by atoms with Gasteiger partial charge in [-0.3, -0.25) is 0 Å². The molecule has 1 saturated heterocycles. The molecule has 0 amide bonds. The second-order valence-electron chi connectivity index (χ2n) is 5.51. The number of nitrogens with zero attached hydrogens (tertiary/aromatic N) is 1. The number of aliphatic hydroxyl groups is 1. The summed E-state index contributed by atoms with van der Waals surface area (Å²) in [4.78, 5) is 1.88. The van der Waals surface area contributed by atoms with E-state index in [4.69, 9.17) is 23.1 Å². The lowest BCUT2D eigenvalue weighted by Crippen LogP contribution is -2.26. The summed E-state index contributed by atoms with van der Waals surface area (Å²) in [6.07, 6.45) is 1.53. The van der Waals surface area contributed by atoms with Crippen molar-refractivity contribution in [3.8, 4) is 0 Å². The number of hydrogen-bond acceptors (Lipinski definition) is 4. The van der Waals surface area contributed by atoms with E-state index in [1.165, 1.54) is 6.07 Å². The normalized spacial score (nSPS) is 29.8. The number of rotatable bonds is 1. The van der Waals surface area contributed by atoms with Crippen LogP contribution < -0.4 is 16.4 Å². The highest BCUT2D eigenvalue weighted by Crippen LogP contribution is 2.44. The van der Waals surface area contributed by atoms with E-state index in [2.05, 4.69) is 0 Å². The van der Waals surface area contributed by atoms with Gasteiger partial charge in [-0.2, -0.15) is 0 Å². The monoisotopic (exact) mass is 285 g/mol. The van der Waals surface area contributed by atoms with Gasteiger partial charge in [0.25, 0.3) is 0 Å². The zero-order valence-electron chi connectivity index (χ0n) is 10.4. The van der Waals surface area contributed by atoms with E-state index in [0.717, 1.165) is 12.8 Å². The molecule has 2 aliphatic rings. The fourth-order valence-electron chi connectivity index (χ4n) is 3.40. The average molecular weight is 286 g/mol. The van der Waals surface area contributed by atoms with Gasteiger partial charge in [0.15, 0.2) is 5.82 Å². The van der Waals surface area contributed by atoms with E-state index in [1.54, 1.807) is 0 Å². The van der Waals surface area contributed by atoms with E-state index in [0.29, 0.717) is 30.4 Å². The topological polar surface area (TPSA) is 75.5 Å². The predicted octanol–water partition coefficient (Wildman–Crippen LogP) is 1.85. The molecule has 0 aromatic heterocycles. The molecule has 1 aliphatic carbocycles. The van der Waals surface area contributed by atoms with E-state index < -0.39 is 5.82 Å². The third-order valence-electron chi connectivity index (χ3n) is 4.37. The molecule has 0 radical (unpaired) electrons. The molecule has 2 fully saturated rings. The Balaban J connectivity index is 1.94. The number of fused-ring (bicyclic) bond motifs is 1. The van der Waals surface area contributed by atoms with Crippen molar-refractivity contribution in [2.75, 3.05) is 29.5 Å². The Morgan fingerprint density at radius 3 is 2.68 bits per heavy atom. The Hall–Kier alpha value is -1.20. The van der Waals surface area contributed by atoms with Crippen LogP contribution in [0, 0.1) is 17.7 Å². The fourth-order valence-corrected chi connectivity index (χ4v) is 3.54. The van der Waals surface area contributed by atoms with Crippen LogP contribution in [0.2, 0.25) is 5.02 Å². The number of nitrogen functional groups attached to an aromatic ring is 2. The van der Waals surface area contributed by atoms with E-state index in [-0.39, 0.29) is 22.7 Å². The minimum Gasteiger partial charge on any atom is -0.397 e. The highest BCUT2D eigenvalue weighted by molar-refractivity contribution is 6.33. The Morgan fingerprint density at radius 1 is 1.26 bits per heavy atom. The summed E-state index contributed by atoms with van der Waals surface area (Å²) in [5.74, 6) is 0.0499. The summed E-state index contributed by atoms with van der Waals surface area (Å²) >= 11 is 5.85. The summed E-state index contributed by atoms with van der Waals surface area (Å²) in [5.41, 5.74) is 12.2. The van der Waals surface area contributed by atoms with Crippen LogP contribution >= 0.6 is 11.6 Å². The Labute approximate surface area is 116 Å². The molecule has 1 aliphatic heterocycles. The lowest BCUT2D eigenvalue weighted by atomic mass is 10.00. The standard InChI is InChI=1S/C13H17ClFN3O/c14-11-8(16)3-9(17)13(12(11)15)18-4-6-1-2-10(19)7(6)5-18/h3,6-7,10,19H,1-2,4-5,16-17H2. The van der Waals surface area contributed by atoms with Gasteiger partial charge >= 0.3 is 0 Å². The number of anilines is 3. The number of hydrogen-bond donors (Lipinski definition) is 3. The van der Waals surface area contributed by atoms with Gasteiger partial charge in [-0.25, -0.2) is 4.39 Å². The van der Waals surface area contributed by atoms with E-state index >= 15 is 0 Å². The maximum atomic E-state index is 14.3. The molecule has 1 aromatic carbocycles.